The fourth-order valence-electron chi connectivity index (χ4n) is 9.86. The molecule has 75 heavy (non-hydrogen) atoms. The summed E-state index contributed by atoms with van der Waals surface area (Å²) in [4.78, 5) is 79.0. The number of hydrogen-bond donors (Lipinski definition) is 6. The van der Waals surface area contributed by atoms with Crippen LogP contribution in [0.3, 0.4) is 0 Å². The second-order valence-electron chi connectivity index (χ2n) is 21.7. The van der Waals surface area contributed by atoms with Crippen molar-refractivity contribution in [2.24, 2.45) is 5.92 Å². The van der Waals surface area contributed by atoms with Crippen LogP contribution < -0.4 is 16.0 Å². The molecule has 6 N–H and O–H groups in total. The van der Waals surface area contributed by atoms with Gasteiger partial charge in [0.15, 0.2) is 0 Å². The fraction of sp³-hybridized carbons (Fsp3) is 0.900. The van der Waals surface area contributed by atoms with E-state index in [1.807, 2.05) is 0 Å². The normalized spacial score (nSPS) is 15.8. The van der Waals surface area contributed by atoms with Crippen molar-refractivity contribution in [1.82, 2.24) is 16.0 Å². The second kappa shape index (κ2) is 50.6. The molecule has 0 radical (unpaired) electrons. The lowest BCUT2D eigenvalue weighted by molar-refractivity contribution is -0.157. The van der Waals surface area contributed by atoms with Gasteiger partial charge < -0.3 is 40.7 Å². The van der Waals surface area contributed by atoms with Crippen molar-refractivity contribution in [2.45, 2.75) is 308 Å². The number of unbranched alkanes of at least 4 members (excludes halogenated alkanes) is 24. The molecule has 0 aliphatic heterocycles. The molecule has 0 bridgehead atoms. The molecule has 4 atom stereocenters. The number of thioether (sulfide) groups is 1. The lowest BCUT2D eigenvalue weighted by Crippen LogP contribution is -2.58. The van der Waals surface area contributed by atoms with Crippen LogP contribution in [0.25, 0.3) is 0 Å². The van der Waals surface area contributed by atoms with Gasteiger partial charge >= 0.3 is 17.9 Å². The van der Waals surface area contributed by atoms with Gasteiger partial charge in [0.05, 0.1) is 13.2 Å². The van der Waals surface area contributed by atoms with Gasteiger partial charge in [-0.25, -0.2) is 4.79 Å². The average Bonchev–Trinajstić information content (AvgIpc) is 3.41. The van der Waals surface area contributed by atoms with Crippen LogP contribution in [0.4, 0.5) is 0 Å². The van der Waals surface area contributed by atoms with Crippen molar-refractivity contribution in [3.8, 4) is 0 Å². The van der Waals surface area contributed by atoms with E-state index < -0.39 is 55.2 Å². The van der Waals surface area contributed by atoms with E-state index in [-0.39, 0.29) is 54.7 Å². The summed E-state index contributed by atoms with van der Waals surface area (Å²) in [6.45, 7) is 2.57. The number of aliphatic hydroxyl groups excluding tert-OH is 2. The van der Waals surface area contributed by atoms with Gasteiger partial charge in [-0.05, 0) is 25.7 Å². The van der Waals surface area contributed by atoms with Crippen LogP contribution in [0.1, 0.15) is 284 Å². The Morgan fingerprint density at radius 3 is 1.21 bits per heavy atom. The summed E-state index contributed by atoms with van der Waals surface area (Å²) in [5.41, 5.74) is 0. The maximum absolute atomic E-state index is 14.1. The standard InChI is InChI=1S/C60H111N3O11S/c1-3-5-7-9-11-13-15-17-23-27-31-35-39-43-55(66)73-47-51(74-56(67)44-40-36-32-28-24-18-16-14-12-10-8-6-4-2)48-75-49-54(59(70)61-52(45-64)58(69)62-53(46-65)60(71)72)63-57(68)50-41-37-33-29-25-21-19-20-22-26-30-34-38-42-50/h50-54,64-65H,3-49H2,1-2H3,(H,61,70)(H,62,69)(H,63,68)(H,71,72). The molecule has 0 heterocycles. The van der Waals surface area contributed by atoms with Gasteiger partial charge in [-0.15, -0.1) is 0 Å². The molecule has 0 spiro atoms. The number of ether oxygens (including phenoxy) is 2. The summed E-state index contributed by atoms with van der Waals surface area (Å²) < 4.78 is 11.6. The van der Waals surface area contributed by atoms with Crippen LogP contribution in [-0.2, 0) is 38.2 Å². The highest BCUT2D eigenvalue weighted by Crippen LogP contribution is 2.23. The summed E-state index contributed by atoms with van der Waals surface area (Å²) >= 11 is 1.23. The number of nitrogens with one attached hydrogen (secondary N) is 3. The van der Waals surface area contributed by atoms with Crippen molar-refractivity contribution in [3.05, 3.63) is 0 Å². The van der Waals surface area contributed by atoms with Crippen molar-refractivity contribution in [2.75, 3.05) is 31.3 Å². The largest absolute Gasteiger partial charge is 0.480 e. The van der Waals surface area contributed by atoms with Gasteiger partial charge in [-0.1, -0.05) is 245 Å². The first kappa shape index (κ1) is 70.1. The number of rotatable bonds is 44. The number of carbonyl (C=O) groups is 6. The van der Waals surface area contributed by atoms with E-state index in [4.69, 9.17) is 9.47 Å². The van der Waals surface area contributed by atoms with E-state index in [9.17, 15) is 44.1 Å². The highest BCUT2D eigenvalue weighted by Gasteiger charge is 2.31. The molecule has 0 saturated heterocycles. The number of hydrogen-bond acceptors (Lipinski definition) is 11. The number of aliphatic carboxylic acids is 1. The summed E-state index contributed by atoms with van der Waals surface area (Å²) in [5.74, 6) is -4.47. The minimum Gasteiger partial charge on any atom is -0.480 e. The Bertz CT molecular complexity index is 1420. The molecule has 1 fully saturated rings. The number of carboxylic acids is 1. The summed E-state index contributed by atoms with van der Waals surface area (Å²) in [5, 5.41) is 36.6. The Morgan fingerprint density at radius 1 is 0.453 bits per heavy atom. The molecular weight excluding hydrogens is 971 g/mol. The van der Waals surface area contributed by atoms with Crippen LogP contribution in [0.5, 0.6) is 0 Å². The minimum absolute atomic E-state index is 0.00172. The zero-order valence-electron chi connectivity index (χ0n) is 47.6. The van der Waals surface area contributed by atoms with Crippen LogP contribution in [0.2, 0.25) is 0 Å². The van der Waals surface area contributed by atoms with Gasteiger partial charge in [0, 0.05) is 30.3 Å². The Hall–Kier alpha value is -2.91. The number of amides is 3. The van der Waals surface area contributed by atoms with E-state index in [1.54, 1.807) is 0 Å². The first-order valence-corrected chi connectivity index (χ1v) is 32.0. The highest BCUT2D eigenvalue weighted by atomic mass is 32.2. The predicted molar refractivity (Wildman–Crippen MR) is 305 cm³/mol. The van der Waals surface area contributed by atoms with Gasteiger partial charge in [0.25, 0.3) is 0 Å². The van der Waals surface area contributed by atoms with Crippen LogP contribution in [0, 0.1) is 5.92 Å². The fourth-order valence-corrected chi connectivity index (χ4v) is 10.9. The quantitative estimate of drug-likeness (QED) is 0.0248. The van der Waals surface area contributed by atoms with Crippen LogP contribution in [0.15, 0.2) is 0 Å². The molecule has 438 valence electrons. The van der Waals surface area contributed by atoms with Crippen LogP contribution >= 0.6 is 11.8 Å². The highest BCUT2D eigenvalue weighted by molar-refractivity contribution is 7.99. The third kappa shape index (κ3) is 40.9. The maximum Gasteiger partial charge on any atom is 0.328 e. The Labute approximate surface area is 460 Å². The zero-order valence-corrected chi connectivity index (χ0v) is 48.5. The van der Waals surface area contributed by atoms with E-state index >= 15 is 0 Å². The molecule has 1 saturated carbocycles. The third-order valence-corrected chi connectivity index (χ3v) is 15.9. The molecule has 0 aromatic carbocycles. The molecular formula is C60H111N3O11S. The van der Waals surface area contributed by atoms with Crippen molar-refractivity contribution in [1.29, 1.82) is 0 Å². The molecule has 15 heteroatoms. The molecule has 1 aliphatic rings. The summed E-state index contributed by atoms with van der Waals surface area (Å²) in [7, 11) is 0. The number of carboxylic acid groups (broad SMARTS) is 1. The molecule has 1 aliphatic carbocycles. The van der Waals surface area contributed by atoms with Crippen molar-refractivity contribution < 1.29 is 53.6 Å². The number of aliphatic hydroxyl groups is 2. The zero-order chi connectivity index (χ0) is 54.8. The number of carbonyl (C=O) groups excluding carboxylic acids is 5. The SMILES string of the molecule is CCCCCCCCCCCCCCCC(=O)OCC(CSCC(NC(=O)C1CCCCCCCCCCCCCC1)C(=O)NC(CO)C(=O)NC(CO)C(=O)O)OC(=O)CCCCCCCCCCCCCCC. The average molecular weight is 1080 g/mol. The molecule has 3 amide bonds. The van der Waals surface area contributed by atoms with E-state index in [0.29, 0.717) is 19.3 Å². The molecule has 0 aromatic heterocycles. The maximum atomic E-state index is 14.1. The third-order valence-electron chi connectivity index (χ3n) is 14.8. The van der Waals surface area contributed by atoms with Gasteiger partial charge in [0.2, 0.25) is 17.7 Å². The van der Waals surface area contributed by atoms with E-state index in [2.05, 4.69) is 29.8 Å². The van der Waals surface area contributed by atoms with Gasteiger partial charge in [0.1, 0.15) is 30.8 Å². The lowest BCUT2D eigenvalue weighted by atomic mass is 9.93. The first-order chi connectivity index (χ1) is 36.6. The topological polar surface area (TPSA) is 218 Å². The van der Waals surface area contributed by atoms with Crippen molar-refractivity contribution in [3.63, 3.8) is 0 Å². The Kier molecular flexibility index (Phi) is 47.3. The summed E-state index contributed by atoms with van der Waals surface area (Å²) in [6, 6.07) is -4.41. The molecule has 4 unspecified atom stereocenters. The monoisotopic (exact) mass is 1080 g/mol. The lowest BCUT2D eigenvalue weighted by Gasteiger charge is -2.25. The van der Waals surface area contributed by atoms with E-state index in [1.165, 1.54) is 166 Å². The number of esters is 2. The predicted octanol–water partition coefficient (Wildman–Crippen LogP) is 12.8. The summed E-state index contributed by atoms with van der Waals surface area (Å²) in [6.07, 6.45) is 45.4. The Balaban J connectivity index is 3.02. The molecule has 1 rings (SSSR count). The van der Waals surface area contributed by atoms with Gasteiger partial charge in [-0.2, -0.15) is 11.8 Å². The Morgan fingerprint density at radius 2 is 0.813 bits per heavy atom. The van der Waals surface area contributed by atoms with Crippen molar-refractivity contribution >= 4 is 47.4 Å². The first-order valence-electron chi connectivity index (χ1n) is 30.8. The second-order valence-corrected chi connectivity index (χ2v) is 22.8. The van der Waals surface area contributed by atoms with Gasteiger partial charge in [-0.3, -0.25) is 24.0 Å². The molecule has 0 aromatic rings. The van der Waals surface area contributed by atoms with E-state index in [0.717, 1.165) is 83.5 Å². The molecule has 14 nitrogen and oxygen atoms in total. The smallest absolute Gasteiger partial charge is 0.328 e. The minimum atomic E-state index is -1.65. The van der Waals surface area contributed by atoms with Crippen LogP contribution in [-0.4, -0.2) is 107 Å².